The average molecular weight is 777 g/mol. The van der Waals surface area contributed by atoms with Crippen molar-refractivity contribution in [2.45, 2.75) is 89.7 Å². The van der Waals surface area contributed by atoms with Gasteiger partial charge in [-0.1, -0.05) is 25.3 Å². The van der Waals surface area contributed by atoms with Crippen LogP contribution < -0.4 is 9.46 Å². The molecule has 0 bridgehead atoms. The second kappa shape index (κ2) is 15.0. The van der Waals surface area contributed by atoms with Crippen LogP contribution in [0.25, 0.3) is 39.5 Å². The molecule has 5 heterocycles. The summed E-state index contributed by atoms with van der Waals surface area (Å²) in [6.07, 6.45) is 12.5. The lowest BCUT2D eigenvalue weighted by molar-refractivity contribution is -0.0586. The van der Waals surface area contributed by atoms with E-state index in [-0.39, 0.29) is 29.6 Å². The van der Waals surface area contributed by atoms with Gasteiger partial charge in [-0.15, -0.1) is 0 Å². The minimum atomic E-state index is -3.86. The number of nitrogens with zero attached hydrogens (tertiary/aromatic N) is 5. The van der Waals surface area contributed by atoms with E-state index in [1.165, 1.54) is 12.0 Å². The third-order valence-electron chi connectivity index (χ3n) is 11.3. The lowest BCUT2D eigenvalue weighted by Gasteiger charge is -2.35. The summed E-state index contributed by atoms with van der Waals surface area (Å²) in [5, 5.41) is 5.09. The summed E-state index contributed by atoms with van der Waals surface area (Å²) in [5.74, 6) is 0.167. The van der Waals surface area contributed by atoms with E-state index in [1.54, 1.807) is 45.6 Å². The molecule has 3 aromatic heterocycles. The Balaban J connectivity index is 1.38. The molecule has 1 saturated heterocycles. The molecule has 2 fully saturated rings. The first-order chi connectivity index (χ1) is 26.9. The van der Waals surface area contributed by atoms with Gasteiger partial charge in [0.05, 0.1) is 59.9 Å². The molecule has 8 rings (SSSR count). The first-order valence-electron chi connectivity index (χ1n) is 19.5. The van der Waals surface area contributed by atoms with Crippen LogP contribution in [0, 0.1) is 0 Å². The first kappa shape index (κ1) is 37.6. The Bertz CT molecular complexity index is 2450. The van der Waals surface area contributed by atoms with E-state index in [4.69, 9.17) is 14.6 Å². The molecular formula is C43H48N6O6S. The van der Waals surface area contributed by atoms with Crippen LogP contribution >= 0.6 is 0 Å². The second-order valence-corrected chi connectivity index (χ2v) is 17.8. The summed E-state index contributed by atoms with van der Waals surface area (Å²) in [5.41, 5.74) is 7.93. The normalized spacial score (nSPS) is 19.0. The molecule has 2 aliphatic heterocycles. The molecule has 0 spiro atoms. The van der Waals surface area contributed by atoms with E-state index >= 15 is 0 Å². The lowest BCUT2D eigenvalue weighted by Crippen LogP contribution is -2.48. The maximum Gasteiger partial charge on any atom is 0.264 e. The van der Waals surface area contributed by atoms with Crippen molar-refractivity contribution in [2.75, 3.05) is 20.2 Å². The van der Waals surface area contributed by atoms with Crippen LogP contribution in [-0.2, 0) is 21.3 Å². The Morgan fingerprint density at radius 3 is 2.38 bits per heavy atom. The van der Waals surface area contributed by atoms with Gasteiger partial charge in [0, 0.05) is 47.5 Å². The number of fused-ring (bicyclic) bond motifs is 5. The Hall–Kier alpha value is -5.27. The van der Waals surface area contributed by atoms with E-state index in [0.29, 0.717) is 36.6 Å². The minimum absolute atomic E-state index is 0.119. The highest BCUT2D eigenvalue weighted by molar-refractivity contribution is 7.90. The Labute approximate surface area is 327 Å². The zero-order chi connectivity index (χ0) is 39.3. The number of methoxy groups -OCH3 is 1. The Morgan fingerprint density at radius 1 is 0.946 bits per heavy atom. The van der Waals surface area contributed by atoms with E-state index in [0.717, 1.165) is 64.7 Å². The van der Waals surface area contributed by atoms with Crippen molar-refractivity contribution in [3.05, 3.63) is 95.1 Å². The van der Waals surface area contributed by atoms with Gasteiger partial charge < -0.3 is 18.9 Å². The summed E-state index contributed by atoms with van der Waals surface area (Å²) >= 11 is 0. The van der Waals surface area contributed by atoms with Crippen molar-refractivity contribution in [1.29, 1.82) is 0 Å². The zero-order valence-electron chi connectivity index (χ0n) is 32.5. The standard InChI is InChI=1S/C43H48N6O6S/c1-26(2)56(52,53)46-42(50)30-11-13-36-38(21-30)48-25-32(19-31-20-34(54-5)12-14-35(31)41(48)39(36)29-9-7-6-8-10-29)40-37(22-45-49(40)33-15-17-44-18-16-33)43(51)47-23-27(3)55-28(4)24-47/h11-22,26-29H,6-10,23-25H2,1-5H3,(H,46,50)/t27-,28+. The molecule has 2 atom stereocenters. The van der Waals surface area contributed by atoms with E-state index in [2.05, 4.69) is 26.4 Å². The number of aromatic nitrogens is 4. The number of hydrogen-bond donors (Lipinski definition) is 1. The SMILES string of the molecule is COc1ccc2c(c1)C=C(c1c(C(=O)N3C[C@@H](C)O[C@@H](C)C3)cnn1-c1ccncc1)Cn1c-2c(C2CCCCC2)c2ccc(C(=O)NS(=O)(=O)C(C)C)cc21. The lowest BCUT2D eigenvalue weighted by atomic mass is 9.81. The van der Waals surface area contributed by atoms with Gasteiger partial charge in [0.25, 0.3) is 11.8 Å². The molecule has 13 heteroatoms. The highest BCUT2D eigenvalue weighted by Gasteiger charge is 2.34. The van der Waals surface area contributed by atoms with Crippen molar-refractivity contribution >= 4 is 44.4 Å². The molecule has 12 nitrogen and oxygen atoms in total. The van der Waals surface area contributed by atoms with E-state index in [1.807, 2.05) is 59.8 Å². The number of carbonyl (C=O) groups is 2. The quantitative estimate of drug-likeness (QED) is 0.175. The molecule has 292 valence electrons. The molecule has 1 N–H and O–H groups in total. The summed E-state index contributed by atoms with van der Waals surface area (Å²) < 4.78 is 43.7. The molecule has 5 aromatic rings. The number of nitrogens with one attached hydrogen (secondary N) is 1. The number of allylic oxidation sites excluding steroid dienone is 1. The fourth-order valence-electron chi connectivity index (χ4n) is 8.64. The van der Waals surface area contributed by atoms with Crippen LogP contribution in [0.2, 0.25) is 0 Å². The molecule has 1 aliphatic carbocycles. The van der Waals surface area contributed by atoms with Crippen LogP contribution in [0.3, 0.4) is 0 Å². The number of rotatable bonds is 8. The number of benzene rings is 2. The average Bonchev–Trinajstić information content (AvgIpc) is 3.72. The van der Waals surface area contributed by atoms with Crippen molar-refractivity contribution in [3.63, 3.8) is 0 Å². The summed E-state index contributed by atoms with van der Waals surface area (Å²) in [6, 6.07) is 15.3. The zero-order valence-corrected chi connectivity index (χ0v) is 33.3. The minimum Gasteiger partial charge on any atom is -0.497 e. The fraction of sp³-hybridized carbons (Fsp3) is 0.395. The van der Waals surface area contributed by atoms with Gasteiger partial charge >= 0.3 is 0 Å². The van der Waals surface area contributed by atoms with Crippen molar-refractivity contribution in [2.24, 2.45) is 0 Å². The van der Waals surface area contributed by atoms with E-state index < -0.39 is 21.2 Å². The Morgan fingerprint density at radius 2 is 1.68 bits per heavy atom. The van der Waals surface area contributed by atoms with Crippen LogP contribution in [-0.4, -0.2) is 82.1 Å². The number of amides is 2. The predicted molar refractivity (Wildman–Crippen MR) is 216 cm³/mol. The van der Waals surface area contributed by atoms with Gasteiger partial charge in [0.2, 0.25) is 10.0 Å². The molecular weight excluding hydrogens is 729 g/mol. The van der Waals surface area contributed by atoms with Crippen molar-refractivity contribution < 1.29 is 27.5 Å². The van der Waals surface area contributed by atoms with Gasteiger partial charge in [-0.05, 0) is 112 Å². The third-order valence-corrected chi connectivity index (χ3v) is 13.0. The van der Waals surface area contributed by atoms with Crippen LogP contribution in [0.4, 0.5) is 0 Å². The number of sulfonamides is 1. The molecule has 1 saturated carbocycles. The van der Waals surface area contributed by atoms with Gasteiger partial charge in [0.15, 0.2) is 0 Å². The summed E-state index contributed by atoms with van der Waals surface area (Å²) in [7, 11) is -2.21. The number of morpholine rings is 1. The first-order valence-corrected chi connectivity index (χ1v) is 21.0. The summed E-state index contributed by atoms with van der Waals surface area (Å²) in [6.45, 7) is 8.28. The fourth-order valence-corrected chi connectivity index (χ4v) is 9.25. The van der Waals surface area contributed by atoms with Gasteiger partial charge in [0.1, 0.15) is 5.75 Å². The number of carbonyl (C=O) groups excluding carboxylic acids is 2. The predicted octanol–water partition coefficient (Wildman–Crippen LogP) is 7.22. The summed E-state index contributed by atoms with van der Waals surface area (Å²) in [4.78, 5) is 34.3. The molecule has 56 heavy (non-hydrogen) atoms. The highest BCUT2D eigenvalue weighted by Crippen LogP contribution is 2.48. The molecule has 0 unspecified atom stereocenters. The molecule has 3 aliphatic rings. The van der Waals surface area contributed by atoms with Crippen molar-refractivity contribution in [1.82, 2.24) is 29.0 Å². The van der Waals surface area contributed by atoms with Gasteiger partial charge in [-0.2, -0.15) is 5.10 Å². The van der Waals surface area contributed by atoms with Crippen LogP contribution in [0.1, 0.15) is 103 Å². The monoisotopic (exact) mass is 776 g/mol. The number of pyridine rings is 1. The number of ether oxygens (including phenoxy) is 2. The third kappa shape index (κ3) is 6.91. The molecule has 2 aromatic carbocycles. The van der Waals surface area contributed by atoms with Gasteiger partial charge in [-0.3, -0.25) is 14.6 Å². The second-order valence-electron chi connectivity index (χ2n) is 15.6. The smallest absolute Gasteiger partial charge is 0.264 e. The topological polar surface area (TPSA) is 138 Å². The largest absolute Gasteiger partial charge is 0.497 e. The Kier molecular flexibility index (Phi) is 10.1. The van der Waals surface area contributed by atoms with Crippen LogP contribution in [0.15, 0.2) is 67.1 Å². The number of hydrogen-bond acceptors (Lipinski definition) is 8. The van der Waals surface area contributed by atoms with Gasteiger partial charge in [-0.25, -0.2) is 17.8 Å². The maximum absolute atomic E-state index is 14.6. The van der Waals surface area contributed by atoms with E-state index in [9.17, 15) is 18.0 Å². The van der Waals surface area contributed by atoms with Crippen LogP contribution in [0.5, 0.6) is 5.75 Å². The molecule has 2 amide bonds. The highest BCUT2D eigenvalue weighted by atomic mass is 32.2. The maximum atomic E-state index is 14.6. The molecule has 0 radical (unpaired) electrons. The van der Waals surface area contributed by atoms with Crippen molar-refractivity contribution in [3.8, 4) is 22.7 Å².